The van der Waals surface area contributed by atoms with Gasteiger partial charge in [0.15, 0.2) is 0 Å². The predicted octanol–water partition coefficient (Wildman–Crippen LogP) is 2.72. The first-order valence-corrected chi connectivity index (χ1v) is 4.22. The molecule has 0 radical (unpaired) electrons. The Kier molecular flexibility index (Phi) is 2.98. The van der Waals surface area contributed by atoms with Crippen molar-refractivity contribution < 1.29 is 18.3 Å². The molecule has 0 aliphatic heterocycles. The monoisotopic (exact) mass is 234 g/mol. The highest BCUT2D eigenvalue weighted by atomic mass is 35.5. The van der Waals surface area contributed by atoms with E-state index >= 15 is 0 Å². The van der Waals surface area contributed by atoms with E-state index in [1.54, 1.807) is 0 Å². The normalized spacial score (nSPS) is 15.5. The minimum Gasteiger partial charge on any atom is -0.366 e. The van der Waals surface area contributed by atoms with Crippen LogP contribution >= 0.6 is 11.6 Å². The Bertz CT molecular complexity index is 391. The van der Waals surface area contributed by atoms with Crippen LogP contribution < -0.4 is 0 Å². The third kappa shape index (κ3) is 2.09. The minimum atomic E-state index is -4.92. The summed E-state index contributed by atoms with van der Waals surface area (Å²) < 4.78 is 37.4. The zero-order chi connectivity index (χ0) is 11.7. The molecule has 0 heterocycles. The molecule has 0 fully saturated rings. The molecule has 0 saturated heterocycles. The van der Waals surface area contributed by atoms with Crippen molar-refractivity contribution in [2.75, 3.05) is 0 Å². The van der Waals surface area contributed by atoms with Gasteiger partial charge in [0.2, 0.25) is 5.60 Å². The zero-order valence-electron chi connectivity index (χ0n) is 7.35. The molecule has 1 aromatic carbocycles. The smallest absolute Gasteiger partial charge is 0.366 e. The number of rotatable bonds is 1. The average Bonchev–Trinajstić information content (AvgIpc) is 2.16. The summed E-state index contributed by atoms with van der Waals surface area (Å²) in [6.07, 6.45) is -0.211. The average molecular weight is 235 g/mol. The second-order valence-electron chi connectivity index (χ2n) is 2.86. The van der Waals surface area contributed by atoms with Crippen LogP contribution in [-0.4, -0.2) is 11.3 Å². The fraction of sp³-hybridized carbons (Fsp3) is 0.200. The molecule has 80 valence electrons. The molecule has 15 heavy (non-hydrogen) atoms. The lowest BCUT2D eigenvalue weighted by Gasteiger charge is -2.25. The van der Waals surface area contributed by atoms with Gasteiger partial charge in [0, 0.05) is 10.6 Å². The van der Waals surface area contributed by atoms with Gasteiger partial charge >= 0.3 is 6.18 Å². The third-order valence-corrected chi connectivity index (χ3v) is 2.13. The maximum atomic E-state index is 12.5. The van der Waals surface area contributed by atoms with E-state index in [-0.39, 0.29) is 5.02 Å². The Morgan fingerprint density at radius 2 is 1.67 bits per heavy atom. The van der Waals surface area contributed by atoms with Crippen molar-refractivity contribution in [3.05, 3.63) is 34.9 Å². The molecule has 0 aromatic heterocycles. The Morgan fingerprint density at radius 3 is 2.00 bits per heavy atom. The van der Waals surface area contributed by atoms with Gasteiger partial charge in [-0.1, -0.05) is 29.7 Å². The molecule has 0 saturated carbocycles. The van der Waals surface area contributed by atoms with Crippen LogP contribution in [0, 0.1) is 12.3 Å². The van der Waals surface area contributed by atoms with Crippen molar-refractivity contribution in [3.8, 4) is 12.3 Å². The Labute approximate surface area is 89.5 Å². The lowest BCUT2D eigenvalue weighted by molar-refractivity contribution is -0.240. The minimum absolute atomic E-state index is 0.264. The van der Waals surface area contributed by atoms with Crippen molar-refractivity contribution in [3.63, 3.8) is 0 Å². The number of halogens is 4. The lowest BCUT2D eigenvalue weighted by atomic mass is 9.94. The Balaban J connectivity index is 3.26. The van der Waals surface area contributed by atoms with Gasteiger partial charge in [-0.05, 0) is 12.1 Å². The molecule has 1 unspecified atom stereocenters. The quantitative estimate of drug-likeness (QED) is 0.741. The maximum Gasteiger partial charge on any atom is 0.433 e. The van der Waals surface area contributed by atoms with Gasteiger partial charge < -0.3 is 5.11 Å². The predicted molar refractivity (Wildman–Crippen MR) is 50.2 cm³/mol. The van der Waals surface area contributed by atoms with E-state index in [9.17, 15) is 18.3 Å². The summed E-state index contributed by atoms with van der Waals surface area (Å²) in [6, 6.07) is 4.53. The molecule has 1 nitrogen and oxygen atoms in total. The van der Waals surface area contributed by atoms with Gasteiger partial charge in [0.1, 0.15) is 0 Å². The first-order valence-electron chi connectivity index (χ1n) is 3.84. The third-order valence-electron chi connectivity index (χ3n) is 1.88. The molecule has 0 aliphatic carbocycles. The van der Waals surface area contributed by atoms with Crippen LogP contribution in [0.3, 0.4) is 0 Å². The van der Waals surface area contributed by atoms with E-state index in [0.717, 1.165) is 12.1 Å². The van der Waals surface area contributed by atoms with Crippen LogP contribution in [0.4, 0.5) is 13.2 Å². The van der Waals surface area contributed by atoms with Crippen molar-refractivity contribution in [1.82, 2.24) is 0 Å². The summed E-state index contributed by atoms with van der Waals surface area (Å²) in [7, 11) is 0. The van der Waals surface area contributed by atoms with Crippen LogP contribution in [0.25, 0.3) is 0 Å². The highest BCUT2D eigenvalue weighted by Gasteiger charge is 2.54. The van der Waals surface area contributed by atoms with Gasteiger partial charge in [-0.25, -0.2) is 0 Å². The van der Waals surface area contributed by atoms with E-state index in [4.69, 9.17) is 18.0 Å². The number of terminal acetylenes is 1. The number of hydrogen-bond acceptors (Lipinski definition) is 1. The van der Waals surface area contributed by atoms with E-state index in [1.807, 2.05) is 0 Å². The number of alkyl halides is 3. The van der Waals surface area contributed by atoms with E-state index < -0.39 is 17.3 Å². The lowest BCUT2D eigenvalue weighted by Crippen LogP contribution is -2.40. The molecule has 0 spiro atoms. The highest BCUT2D eigenvalue weighted by molar-refractivity contribution is 6.30. The van der Waals surface area contributed by atoms with Crippen molar-refractivity contribution in [1.29, 1.82) is 0 Å². The topological polar surface area (TPSA) is 20.2 Å². The molecule has 1 rings (SSSR count). The summed E-state index contributed by atoms with van der Waals surface area (Å²) in [5, 5.41) is 9.58. The molecule has 0 aliphatic rings. The summed E-state index contributed by atoms with van der Waals surface area (Å²) >= 11 is 5.50. The molecule has 1 N–H and O–H groups in total. The molecule has 5 heteroatoms. The Morgan fingerprint density at radius 1 is 1.20 bits per heavy atom. The molecule has 0 bridgehead atoms. The summed E-state index contributed by atoms with van der Waals surface area (Å²) in [4.78, 5) is 0. The fourth-order valence-electron chi connectivity index (χ4n) is 1.02. The van der Waals surface area contributed by atoms with Gasteiger partial charge in [-0.3, -0.25) is 0 Å². The van der Waals surface area contributed by atoms with Crippen LogP contribution in [0.5, 0.6) is 0 Å². The fourth-order valence-corrected chi connectivity index (χ4v) is 1.15. The van der Waals surface area contributed by atoms with E-state index in [2.05, 4.69) is 0 Å². The SMILES string of the molecule is C#CC(O)(c1ccc(Cl)cc1)C(F)(F)F. The first kappa shape index (κ1) is 11.9. The van der Waals surface area contributed by atoms with Crippen LogP contribution in [0.2, 0.25) is 5.02 Å². The summed E-state index contributed by atoms with van der Waals surface area (Å²) in [6.45, 7) is 0. The Hall–Kier alpha value is -1.18. The van der Waals surface area contributed by atoms with Gasteiger partial charge in [0.05, 0.1) is 0 Å². The van der Waals surface area contributed by atoms with E-state index in [0.29, 0.717) is 0 Å². The first-order chi connectivity index (χ1) is 6.81. The summed E-state index contributed by atoms with van der Waals surface area (Å²) in [5.74, 6) is 1.34. The molecular weight excluding hydrogens is 229 g/mol. The zero-order valence-corrected chi connectivity index (χ0v) is 8.10. The van der Waals surface area contributed by atoms with Gasteiger partial charge in [0.25, 0.3) is 0 Å². The van der Waals surface area contributed by atoms with Crippen LogP contribution in [-0.2, 0) is 5.60 Å². The summed E-state index contributed by atoms with van der Waals surface area (Å²) in [5.41, 5.74) is -3.70. The van der Waals surface area contributed by atoms with Crippen LogP contribution in [0.1, 0.15) is 5.56 Å². The van der Waals surface area contributed by atoms with Gasteiger partial charge in [-0.2, -0.15) is 13.2 Å². The molecule has 0 amide bonds. The number of aliphatic hydroxyl groups is 1. The standard InChI is InChI=1S/C10H6ClF3O/c1-2-9(15,10(12,13)14)7-3-5-8(11)6-4-7/h1,3-6,15H. The largest absolute Gasteiger partial charge is 0.433 e. The van der Waals surface area contributed by atoms with Crippen molar-refractivity contribution in [2.24, 2.45) is 0 Å². The van der Waals surface area contributed by atoms with Crippen LogP contribution in [0.15, 0.2) is 24.3 Å². The van der Waals surface area contributed by atoms with Crippen molar-refractivity contribution >= 4 is 11.6 Å². The van der Waals surface area contributed by atoms with Gasteiger partial charge in [-0.15, -0.1) is 6.42 Å². The van der Waals surface area contributed by atoms with E-state index in [1.165, 1.54) is 18.1 Å². The maximum absolute atomic E-state index is 12.5. The number of benzene rings is 1. The number of hydrogen-bond donors (Lipinski definition) is 1. The molecular formula is C10H6ClF3O. The molecule has 1 aromatic rings. The van der Waals surface area contributed by atoms with Crippen molar-refractivity contribution in [2.45, 2.75) is 11.8 Å². The second kappa shape index (κ2) is 3.76. The molecule has 1 atom stereocenters. The second-order valence-corrected chi connectivity index (χ2v) is 3.30. The highest BCUT2D eigenvalue weighted by Crippen LogP contribution is 2.38.